The van der Waals surface area contributed by atoms with Gasteiger partial charge in [0.05, 0.1) is 16.7 Å². The minimum absolute atomic E-state index is 0.864. The molecular formula is C12H11N3. The molecule has 1 aliphatic heterocycles. The molecule has 2 N–H and O–H groups in total. The summed E-state index contributed by atoms with van der Waals surface area (Å²) >= 11 is 0. The van der Waals surface area contributed by atoms with Crippen molar-refractivity contribution in [2.45, 2.75) is 0 Å². The van der Waals surface area contributed by atoms with E-state index in [1.165, 1.54) is 0 Å². The minimum atomic E-state index is 0.864. The first kappa shape index (κ1) is 8.29. The van der Waals surface area contributed by atoms with E-state index in [0.717, 1.165) is 29.1 Å². The number of hydrogen-bond donors (Lipinski definition) is 2. The van der Waals surface area contributed by atoms with Crippen LogP contribution in [0.4, 0.5) is 0 Å². The molecule has 0 unspecified atom stereocenters. The second kappa shape index (κ2) is 3.28. The first-order valence-corrected chi connectivity index (χ1v) is 4.99. The van der Waals surface area contributed by atoms with Gasteiger partial charge in [-0.3, -0.25) is 0 Å². The summed E-state index contributed by atoms with van der Waals surface area (Å²) in [6.45, 7) is 0.864. The van der Waals surface area contributed by atoms with Gasteiger partial charge in [0, 0.05) is 6.54 Å². The van der Waals surface area contributed by atoms with E-state index in [4.69, 9.17) is 0 Å². The average Bonchev–Trinajstić information content (AvgIpc) is 2.74. The third kappa shape index (κ3) is 1.42. The summed E-state index contributed by atoms with van der Waals surface area (Å²) < 4.78 is 0. The Morgan fingerprint density at radius 2 is 2.13 bits per heavy atom. The fourth-order valence-corrected chi connectivity index (χ4v) is 1.70. The highest BCUT2D eigenvalue weighted by atomic mass is 15.0. The zero-order valence-electron chi connectivity index (χ0n) is 8.20. The Kier molecular flexibility index (Phi) is 1.81. The van der Waals surface area contributed by atoms with Crippen LogP contribution in [-0.4, -0.2) is 16.5 Å². The summed E-state index contributed by atoms with van der Waals surface area (Å²) in [5.41, 5.74) is 3.13. The normalized spacial score (nSPS) is 15.1. The number of rotatable bonds is 1. The van der Waals surface area contributed by atoms with Crippen LogP contribution < -0.4 is 5.32 Å². The Bertz CT molecular complexity index is 516. The van der Waals surface area contributed by atoms with E-state index >= 15 is 0 Å². The highest BCUT2D eigenvalue weighted by Gasteiger charge is 2.07. The number of dihydropyridines is 1. The molecule has 0 aliphatic carbocycles. The van der Waals surface area contributed by atoms with Crippen LogP contribution in [0.15, 0.2) is 42.5 Å². The standard InChI is InChI=1S/C12H11N3/c1-2-6-10-9(5-1)14-12(15-10)11-7-3-4-8-13-11/h1-7,13H,8H2,(H,14,15). The lowest BCUT2D eigenvalue weighted by molar-refractivity contribution is 0.973. The molecule has 3 nitrogen and oxygen atoms in total. The Morgan fingerprint density at radius 3 is 2.93 bits per heavy atom. The molecular weight excluding hydrogens is 186 g/mol. The number of imidazole rings is 1. The predicted molar refractivity (Wildman–Crippen MR) is 61.2 cm³/mol. The lowest BCUT2D eigenvalue weighted by Crippen LogP contribution is -2.15. The number of aromatic amines is 1. The van der Waals surface area contributed by atoms with E-state index in [1.807, 2.05) is 36.4 Å². The molecule has 0 bridgehead atoms. The summed E-state index contributed by atoms with van der Waals surface area (Å²) in [5.74, 6) is 0.903. The number of allylic oxidation sites excluding steroid dienone is 2. The predicted octanol–water partition coefficient (Wildman–Crippen LogP) is 2.06. The summed E-state index contributed by atoms with van der Waals surface area (Å²) in [6.07, 6.45) is 6.15. The van der Waals surface area contributed by atoms with Gasteiger partial charge in [-0.25, -0.2) is 4.98 Å². The molecule has 0 saturated carbocycles. The Morgan fingerprint density at radius 1 is 1.20 bits per heavy atom. The fraction of sp³-hybridized carbons (Fsp3) is 0.0833. The minimum Gasteiger partial charge on any atom is -0.379 e. The summed E-state index contributed by atoms with van der Waals surface area (Å²) in [5, 5.41) is 3.28. The van der Waals surface area contributed by atoms with Gasteiger partial charge >= 0.3 is 0 Å². The van der Waals surface area contributed by atoms with Gasteiger partial charge in [-0.05, 0) is 18.2 Å². The smallest absolute Gasteiger partial charge is 0.154 e. The van der Waals surface area contributed by atoms with Gasteiger partial charge in [0.15, 0.2) is 5.82 Å². The molecule has 3 heteroatoms. The van der Waals surface area contributed by atoms with Crippen molar-refractivity contribution in [1.29, 1.82) is 0 Å². The van der Waals surface area contributed by atoms with Gasteiger partial charge in [-0.1, -0.05) is 24.3 Å². The molecule has 0 fully saturated rings. The first-order valence-electron chi connectivity index (χ1n) is 4.99. The summed E-state index contributed by atoms with van der Waals surface area (Å²) in [7, 11) is 0. The third-order valence-corrected chi connectivity index (χ3v) is 2.45. The lowest BCUT2D eigenvalue weighted by Gasteiger charge is -2.08. The maximum Gasteiger partial charge on any atom is 0.154 e. The van der Waals surface area contributed by atoms with Crippen molar-refractivity contribution in [3.63, 3.8) is 0 Å². The molecule has 0 saturated heterocycles. The molecule has 1 aromatic heterocycles. The number of benzene rings is 1. The van der Waals surface area contributed by atoms with Crippen molar-refractivity contribution in [2.24, 2.45) is 0 Å². The highest BCUT2D eigenvalue weighted by molar-refractivity contribution is 5.78. The highest BCUT2D eigenvalue weighted by Crippen LogP contribution is 2.15. The van der Waals surface area contributed by atoms with Crippen LogP contribution in [0.5, 0.6) is 0 Å². The van der Waals surface area contributed by atoms with Crippen LogP contribution in [0.3, 0.4) is 0 Å². The fourth-order valence-electron chi connectivity index (χ4n) is 1.70. The van der Waals surface area contributed by atoms with Crippen LogP contribution in [-0.2, 0) is 0 Å². The van der Waals surface area contributed by atoms with E-state index < -0.39 is 0 Å². The quantitative estimate of drug-likeness (QED) is 0.734. The van der Waals surface area contributed by atoms with Crippen LogP contribution in [0, 0.1) is 0 Å². The number of aromatic nitrogens is 2. The van der Waals surface area contributed by atoms with Gasteiger partial charge in [-0.15, -0.1) is 0 Å². The van der Waals surface area contributed by atoms with Crippen LogP contribution in [0.1, 0.15) is 5.82 Å². The molecule has 0 spiro atoms. The van der Waals surface area contributed by atoms with Gasteiger partial charge in [-0.2, -0.15) is 0 Å². The number of H-pyrrole nitrogens is 1. The SMILES string of the molecule is C1=CCNC(c2nc3ccccc3[nH]2)=C1. The van der Waals surface area contributed by atoms with Crippen LogP contribution >= 0.6 is 0 Å². The van der Waals surface area contributed by atoms with Crippen molar-refractivity contribution in [1.82, 2.24) is 15.3 Å². The second-order valence-corrected chi connectivity index (χ2v) is 3.49. The van der Waals surface area contributed by atoms with Gasteiger partial charge in [0.25, 0.3) is 0 Å². The van der Waals surface area contributed by atoms with E-state index in [9.17, 15) is 0 Å². The van der Waals surface area contributed by atoms with Gasteiger partial charge in [0.1, 0.15) is 0 Å². The van der Waals surface area contributed by atoms with Crippen LogP contribution in [0.2, 0.25) is 0 Å². The Hall–Kier alpha value is -2.03. The van der Waals surface area contributed by atoms with E-state index in [2.05, 4.69) is 21.4 Å². The van der Waals surface area contributed by atoms with Gasteiger partial charge in [0.2, 0.25) is 0 Å². The molecule has 0 atom stereocenters. The van der Waals surface area contributed by atoms with Crippen molar-refractivity contribution in [3.8, 4) is 0 Å². The molecule has 0 radical (unpaired) electrons. The number of fused-ring (bicyclic) bond motifs is 1. The van der Waals surface area contributed by atoms with E-state index in [1.54, 1.807) is 0 Å². The summed E-state index contributed by atoms with van der Waals surface area (Å²) in [6, 6.07) is 8.04. The van der Waals surface area contributed by atoms with Crippen molar-refractivity contribution >= 4 is 16.7 Å². The van der Waals surface area contributed by atoms with Crippen LogP contribution in [0.25, 0.3) is 16.7 Å². The molecule has 3 rings (SSSR count). The molecule has 1 aliphatic rings. The monoisotopic (exact) mass is 197 g/mol. The van der Waals surface area contributed by atoms with E-state index in [0.29, 0.717) is 0 Å². The second-order valence-electron chi connectivity index (χ2n) is 3.49. The number of hydrogen-bond acceptors (Lipinski definition) is 2. The van der Waals surface area contributed by atoms with E-state index in [-0.39, 0.29) is 0 Å². The summed E-state index contributed by atoms with van der Waals surface area (Å²) in [4.78, 5) is 7.81. The van der Waals surface area contributed by atoms with Crippen molar-refractivity contribution in [2.75, 3.05) is 6.54 Å². The molecule has 2 aromatic rings. The average molecular weight is 197 g/mol. The Balaban J connectivity index is 2.11. The lowest BCUT2D eigenvalue weighted by atomic mass is 10.3. The van der Waals surface area contributed by atoms with Gasteiger partial charge < -0.3 is 10.3 Å². The zero-order valence-corrected chi connectivity index (χ0v) is 8.20. The number of nitrogens with zero attached hydrogens (tertiary/aromatic N) is 1. The maximum absolute atomic E-state index is 4.52. The molecule has 0 amide bonds. The number of para-hydroxylation sites is 2. The molecule has 74 valence electrons. The Labute approximate surface area is 87.5 Å². The topological polar surface area (TPSA) is 40.7 Å². The third-order valence-electron chi connectivity index (χ3n) is 2.45. The zero-order chi connectivity index (χ0) is 10.1. The van der Waals surface area contributed by atoms with Crippen molar-refractivity contribution < 1.29 is 0 Å². The largest absolute Gasteiger partial charge is 0.379 e. The first-order chi connectivity index (χ1) is 7.43. The molecule has 2 heterocycles. The van der Waals surface area contributed by atoms with Crippen molar-refractivity contribution in [3.05, 3.63) is 48.3 Å². The number of nitrogens with one attached hydrogen (secondary N) is 2. The molecule has 15 heavy (non-hydrogen) atoms. The maximum atomic E-state index is 4.52. The molecule has 1 aromatic carbocycles.